The molecule has 19 heavy (non-hydrogen) atoms. The lowest BCUT2D eigenvalue weighted by molar-refractivity contribution is -0.138. The summed E-state index contributed by atoms with van der Waals surface area (Å²) in [6, 6.07) is 8.82. The Bertz CT molecular complexity index is 569. The number of nitrogens with zero attached hydrogens (tertiary/aromatic N) is 1. The molecule has 0 amide bonds. The van der Waals surface area contributed by atoms with Gasteiger partial charge in [0.15, 0.2) is 0 Å². The molecule has 2 rings (SSSR count). The van der Waals surface area contributed by atoms with Gasteiger partial charge in [-0.3, -0.25) is 4.79 Å². The quantitative estimate of drug-likeness (QED) is 0.874. The zero-order chi connectivity index (χ0) is 13.8. The van der Waals surface area contributed by atoms with Gasteiger partial charge in [0, 0.05) is 6.20 Å². The van der Waals surface area contributed by atoms with Crippen molar-refractivity contribution in [3.8, 4) is 0 Å². The first kappa shape index (κ1) is 13.5. The molecule has 0 radical (unpaired) electrons. The number of aliphatic carboxylic acids is 1. The van der Waals surface area contributed by atoms with E-state index >= 15 is 0 Å². The molecule has 5 heteroatoms. The van der Waals surface area contributed by atoms with Crippen LogP contribution >= 0.6 is 11.6 Å². The van der Waals surface area contributed by atoms with Gasteiger partial charge in [0.05, 0.1) is 5.92 Å². The number of carboxylic acid groups (broad SMARTS) is 1. The van der Waals surface area contributed by atoms with E-state index in [1.54, 1.807) is 18.3 Å². The third-order valence-electron chi connectivity index (χ3n) is 2.80. The van der Waals surface area contributed by atoms with Gasteiger partial charge >= 0.3 is 5.97 Å². The van der Waals surface area contributed by atoms with E-state index in [-0.39, 0.29) is 12.2 Å². The molecule has 0 aliphatic rings. The van der Waals surface area contributed by atoms with E-state index in [0.29, 0.717) is 10.7 Å². The van der Waals surface area contributed by atoms with Gasteiger partial charge in [-0.05, 0) is 35.7 Å². The van der Waals surface area contributed by atoms with Gasteiger partial charge in [0.1, 0.15) is 11.0 Å². The molecule has 1 heterocycles. The maximum atomic E-state index is 12.9. The van der Waals surface area contributed by atoms with Crippen molar-refractivity contribution in [2.24, 2.45) is 0 Å². The molecule has 1 aromatic heterocycles. The summed E-state index contributed by atoms with van der Waals surface area (Å²) in [6.07, 6.45) is 1.83. The van der Waals surface area contributed by atoms with E-state index in [0.717, 1.165) is 5.56 Å². The first-order valence-electron chi connectivity index (χ1n) is 5.65. The zero-order valence-electron chi connectivity index (χ0n) is 9.88. The Balaban J connectivity index is 2.23. The summed E-state index contributed by atoms with van der Waals surface area (Å²) in [5, 5.41) is 9.63. The summed E-state index contributed by atoms with van der Waals surface area (Å²) in [5.41, 5.74) is 1.32. The number of hydrogen-bond donors (Lipinski definition) is 1. The number of carboxylic acids is 1. The summed E-state index contributed by atoms with van der Waals surface area (Å²) in [6.45, 7) is 0. The first-order chi connectivity index (χ1) is 9.06. The molecule has 0 aliphatic heterocycles. The van der Waals surface area contributed by atoms with Crippen LogP contribution in [0.15, 0.2) is 42.6 Å². The largest absolute Gasteiger partial charge is 0.481 e. The van der Waals surface area contributed by atoms with E-state index in [4.69, 9.17) is 11.6 Å². The molecule has 1 N–H and O–H groups in total. The van der Waals surface area contributed by atoms with Crippen LogP contribution in [0.5, 0.6) is 0 Å². The van der Waals surface area contributed by atoms with Gasteiger partial charge in [-0.15, -0.1) is 0 Å². The predicted molar refractivity (Wildman–Crippen MR) is 69.7 cm³/mol. The van der Waals surface area contributed by atoms with Crippen molar-refractivity contribution < 1.29 is 14.3 Å². The number of halogens is 2. The van der Waals surface area contributed by atoms with Crippen LogP contribution in [0.1, 0.15) is 17.0 Å². The molecule has 0 aliphatic carbocycles. The SMILES string of the molecule is O=C(O)C(Cc1ccc(Cl)nc1)c1ccc(F)cc1. The highest BCUT2D eigenvalue weighted by molar-refractivity contribution is 6.29. The van der Waals surface area contributed by atoms with Gasteiger partial charge in [-0.2, -0.15) is 0 Å². The maximum Gasteiger partial charge on any atom is 0.311 e. The lowest BCUT2D eigenvalue weighted by Gasteiger charge is -2.12. The van der Waals surface area contributed by atoms with Gasteiger partial charge in [0.25, 0.3) is 0 Å². The van der Waals surface area contributed by atoms with Crippen LogP contribution < -0.4 is 0 Å². The lowest BCUT2D eigenvalue weighted by atomic mass is 9.93. The summed E-state index contributed by atoms with van der Waals surface area (Å²) in [7, 11) is 0. The zero-order valence-corrected chi connectivity index (χ0v) is 10.6. The van der Waals surface area contributed by atoms with E-state index in [9.17, 15) is 14.3 Å². The Hall–Kier alpha value is -1.94. The smallest absolute Gasteiger partial charge is 0.311 e. The highest BCUT2D eigenvalue weighted by atomic mass is 35.5. The maximum absolute atomic E-state index is 12.9. The average molecular weight is 280 g/mol. The number of pyridine rings is 1. The fourth-order valence-corrected chi connectivity index (χ4v) is 1.92. The predicted octanol–water partition coefficient (Wildman–Crippen LogP) is 3.29. The normalized spacial score (nSPS) is 12.1. The number of rotatable bonds is 4. The van der Waals surface area contributed by atoms with Crippen LogP contribution in [-0.2, 0) is 11.2 Å². The standard InChI is InChI=1S/C14H11ClFNO2/c15-13-6-1-9(8-17-13)7-12(14(18)19)10-2-4-11(16)5-3-10/h1-6,8,12H,7H2,(H,18,19). The summed E-state index contributed by atoms with van der Waals surface area (Å²) >= 11 is 5.68. The van der Waals surface area contributed by atoms with Crippen LogP contribution in [-0.4, -0.2) is 16.1 Å². The van der Waals surface area contributed by atoms with Crippen LogP contribution in [0.3, 0.4) is 0 Å². The number of carbonyl (C=O) groups is 1. The third kappa shape index (κ3) is 3.51. The number of aromatic nitrogens is 1. The molecule has 2 aromatic rings. The van der Waals surface area contributed by atoms with Crippen molar-refractivity contribution >= 4 is 17.6 Å². The Morgan fingerprint density at radius 2 is 1.95 bits per heavy atom. The minimum atomic E-state index is -0.957. The number of benzene rings is 1. The topological polar surface area (TPSA) is 50.2 Å². The second-order valence-electron chi connectivity index (χ2n) is 4.14. The van der Waals surface area contributed by atoms with Crippen LogP contribution in [0.2, 0.25) is 5.15 Å². The Morgan fingerprint density at radius 1 is 1.26 bits per heavy atom. The monoisotopic (exact) mass is 279 g/mol. The Kier molecular flexibility index (Phi) is 4.12. The van der Waals surface area contributed by atoms with Crippen molar-refractivity contribution in [3.63, 3.8) is 0 Å². The minimum Gasteiger partial charge on any atom is -0.481 e. The van der Waals surface area contributed by atoms with E-state index < -0.39 is 11.9 Å². The van der Waals surface area contributed by atoms with Gasteiger partial charge in [-0.1, -0.05) is 29.8 Å². The molecule has 0 bridgehead atoms. The molecular formula is C14H11ClFNO2. The molecule has 0 spiro atoms. The van der Waals surface area contributed by atoms with E-state index in [1.807, 2.05) is 0 Å². The van der Waals surface area contributed by atoms with Crippen molar-refractivity contribution in [1.29, 1.82) is 0 Å². The molecule has 3 nitrogen and oxygen atoms in total. The van der Waals surface area contributed by atoms with Crippen LogP contribution in [0.25, 0.3) is 0 Å². The molecule has 0 fully saturated rings. The van der Waals surface area contributed by atoms with Gasteiger partial charge in [-0.25, -0.2) is 9.37 Å². The Labute approximate surface area is 114 Å². The molecule has 1 atom stereocenters. The summed E-state index contributed by atoms with van der Waals surface area (Å²) < 4.78 is 12.9. The second kappa shape index (κ2) is 5.80. The fraction of sp³-hybridized carbons (Fsp3) is 0.143. The van der Waals surface area contributed by atoms with Crippen LogP contribution in [0.4, 0.5) is 4.39 Å². The lowest BCUT2D eigenvalue weighted by Crippen LogP contribution is -2.14. The van der Waals surface area contributed by atoms with Gasteiger partial charge < -0.3 is 5.11 Å². The molecular weight excluding hydrogens is 269 g/mol. The number of hydrogen-bond acceptors (Lipinski definition) is 2. The average Bonchev–Trinajstić information content (AvgIpc) is 2.39. The van der Waals surface area contributed by atoms with Crippen LogP contribution in [0, 0.1) is 5.82 Å². The molecule has 1 unspecified atom stereocenters. The highest BCUT2D eigenvalue weighted by Gasteiger charge is 2.20. The fourth-order valence-electron chi connectivity index (χ4n) is 1.81. The van der Waals surface area contributed by atoms with Crippen molar-refractivity contribution in [2.75, 3.05) is 0 Å². The summed E-state index contributed by atoms with van der Waals surface area (Å²) in [5.74, 6) is -2.08. The van der Waals surface area contributed by atoms with E-state index in [2.05, 4.69) is 4.98 Å². The molecule has 0 saturated carbocycles. The van der Waals surface area contributed by atoms with Crippen molar-refractivity contribution in [3.05, 3.63) is 64.7 Å². The highest BCUT2D eigenvalue weighted by Crippen LogP contribution is 2.22. The van der Waals surface area contributed by atoms with E-state index in [1.165, 1.54) is 24.3 Å². The second-order valence-corrected chi connectivity index (χ2v) is 4.52. The van der Waals surface area contributed by atoms with Gasteiger partial charge in [0.2, 0.25) is 0 Å². The van der Waals surface area contributed by atoms with Crippen molar-refractivity contribution in [1.82, 2.24) is 4.98 Å². The molecule has 98 valence electrons. The minimum absolute atomic E-state index is 0.283. The first-order valence-corrected chi connectivity index (χ1v) is 6.03. The summed E-state index contributed by atoms with van der Waals surface area (Å²) in [4.78, 5) is 15.2. The third-order valence-corrected chi connectivity index (χ3v) is 3.02. The molecule has 1 aromatic carbocycles. The van der Waals surface area contributed by atoms with Crippen molar-refractivity contribution in [2.45, 2.75) is 12.3 Å². The Morgan fingerprint density at radius 3 is 2.47 bits per heavy atom. The molecule has 0 saturated heterocycles.